The molecule has 0 spiro atoms. The van der Waals surface area contributed by atoms with Gasteiger partial charge in [-0.3, -0.25) is 4.79 Å². The van der Waals surface area contributed by atoms with Crippen molar-refractivity contribution in [1.29, 1.82) is 0 Å². The minimum atomic E-state index is -3.83. The van der Waals surface area contributed by atoms with Crippen molar-refractivity contribution < 1.29 is 17.9 Å². The van der Waals surface area contributed by atoms with Crippen LogP contribution in [0.4, 0.5) is 0 Å². The fourth-order valence-corrected chi connectivity index (χ4v) is 2.33. The van der Waals surface area contributed by atoms with Crippen LogP contribution in [-0.4, -0.2) is 21.0 Å². The van der Waals surface area contributed by atoms with Crippen molar-refractivity contribution in [1.82, 2.24) is 0 Å². The minimum absolute atomic E-state index is 0.0412. The van der Waals surface area contributed by atoms with Gasteiger partial charge in [0.2, 0.25) is 10.0 Å². The Morgan fingerprint density at radius 2 is 2.00 bits per heavy atom. The number of hydrogen-bond donors (Lipinski definition) is 1. The Labute approximate surface area is 101 Å². The maximum atomic E-state index is 11.6. The first-order valence-corrected chi connectivity index (χ1v) is 6.71. The van der Waals surface area contributed by atoms with E-state index in [1.807, 2.05) is 0 Å². The number of rotatable bonds is 4. The van der Waals surface area contributed by atoms with E-state index in [4.69, 9.17) is 9.88 Å². The molecule has 0 fully saturated rings. The summed E-state index contributed by atoms with van der Waals surface area (Å²) in [7, 11) is -3.83. The van der Waals surface area contributed by atoms with Crippen molar-refractivity contribution in [3.63, 3.8) is 0 Å². The third-order valence-electron chi connectivity index (χ3n) is 2.33. The average Bonchev–Trinajstić information content (AvgIpc) is 2.27. The average molecular weight is 257 g/mol. The van der Waals surface area contributed by atoms with Gasteiger partial charge < -0.3 is 4.74 Å². The van der Waals surface area contributed by atoms with Gasteiger partial charge in [0.15, 0.2) is 0 Å². The molecule has 0 aliphatic carbocycles. The van der Waals surface area contributed by atoms with Crippen molar-refractivity contribution in [2.75, 3.05) is 6.61 Å². The van der Waals surface area contributed by atoms with Crippen LogP contribution in [0.2, 0.25) is 0 Å². The van der Waals surface area contributed by atoms with Gasteiger partial charge in [-0.15, -0.1) is 0 Å². The van der Waals surface area contributed by atoms with Crippen molar-refractivity contribution in [3.05, 3.63) is 29.8 Å². The van der Waals surface area contributed by atoms with Gasteiger partial charge in [0.1, 0.15) is 0 Å². The molecule has 0 aromatic heterocycles. The number of ether oxygens (including phenoxy) is 1. The van der Waals surface area contributed by atoms with Crippen LogP contribution in [0.5, 0.6) is 0 Å². The van der Waals surface area contributed by atoms with E-state index < -0.39 is 21.9 Å². The van der Waals surface area contributed by atoms with Crippen LogP contribution in [-0.2, 0) is 19.6 Å². The maximum absolute atomic E-state index is 11.6. The first-order chi connectivity index (χ1) is 7.88. The van der Waals surface area contributed by atoms with E-state index in [9.17, 15) is 13.2 Å². The highest BCUT2D eigenvalue weighted by molar-refractivity contribution is 7.89. The lowest BCUT2D eigenvalue weighted by Crippen LogP contribution is -2.19. The molecular weight excluding hydrogens is 242 g/mol. The normalized spacial score (nSPS) is 13.1. The van der Waals surface area contributed by atoms with Crippen LogP contribution in [0, 0.1) is 0 Å². The molecule has 0 heterocycles. The molecule has 0 aliphatic rings. The number of nitrogens with two attached hydrogens (primary N) is 1. The lowest BCUT2D eigenvalue weighted by atomic mass is 10.0. The van der Waals surface area contributed by atoms with Gasteiger partial charge in [-0.2, -0.15) is 0 Å². The topological polar surface area (TPSA) is 86.5 Å². The van der Waals surface area contributed by atoms with Crippen LogP contribution >= 0.6 is 0 Å². The summed E-state index contributed by atoms with van der Waals surface area (Å²) in [5.74, 6) is -1.13. The van der Waals surface area contributed by atoms with Crippen molar-refractivity contribution in [2.45, 2.75) is 24.7 Å². The van der Waals surface area contributed by atoms with Crippen LogP contribution in [0.1, 0.15) is 25.3 Å². The Bertz CT molecular complexity index is 510. The molecule has 0 radical (unpaired) electrons. The molecular formula is C11H15NO4S. The Morgan fingerprint density at radius 3 is 2.53 bits per heavy atom. The Balaban J connectivity index is 3.19. The zero-order chi connectivity index (χ0) is 13.1. The molecule has 6 heteroatoms. The first-order valence-electron chi connectivity index (χ1n) is 5.16. The molecule has 0 amide bonds. The van der Waals surface area contributed by atoms with Gasteiger partial charge in [-0.25, -0.2) is 13.6 Å². The summed E-state index contributed by atoms with van der Waals surface area (Å²) in [5.41, 5.74) is 0.355. The van der Waals surface area contributed by atoms with Gasteiger partial charge in [0.25, 0.3) is 0 Å². The van der Waals surface area contributed by atoms with Gasteiger partial charge in [-0.1, -0.05) is 18.2 Å². The third kappa shape index (κ3) is 3.28. The molecule has 0 bridgehead atoms. The van der Waals surface area contributed by atoms with Crippen LogP contribution in [0.3, 0.4) is 0 Å². The Kier molecular flexibility index (Phi) is 4.25. The molecule has 1 rings (SSSR count). The highest BCUT2D eigenvalue weighted by atomic mass is 32.2. The zero-order valence-corrected chi connectivity index (χ0v) is 10.5. The maximum Gasteiger partial charge on any atom is 0.313 e. The van der Waals surface area contributed by atoms with Crippen LogP contribution in [0.25, 0.3) is 0 Å². The van der Waals surface area contributed by atoms with E-state index in [1.165, 1.54) is 6.07 Å². The highest BCUT2D eigenvalue weighted by Gasteiger charge is 2.23. The van der Waals surface area contributed by atoms with Gasteiger partial charge in [0.05, 0.1) is 17.4 Å². The fourth-order valence-electron chi connectivity index (χ4n) is 1.49. The van der Waals surface area contributed by atoms with E-state index in [1.54, 1.807) is 32.0 Å². The van der Waals surface area contributed by atoms with Gasteiger partial charge >= 0.3 is 5.97 Å². The Morgan fingerprint density at radius 1 is 1.41 bits per heavy atom. The fraction of sp³-hybridized carbons (Fsp3) is 0.364. The van der Waals surface area contributed by atoms with E-state index >= 15 is 0 Å². The second-order valence-corrected chi connectivity index (χ2v) is 5.09. The van der Waals surface area contributed by atoms with Crippen LogP contribution < -0.4 is 5.14 Å². The van der Waals surface area contributed by atoms with E-state index in [0.29, 0.717) is 5.56 Å². The predicted octanol–water partition coefficient (Wildman–Crippen LogP) is 1.00. The number of esters is 1. The standard InChI is InChI=1S/C11H15NO4S/c1-3-16-11(13)8(2)9-6-4-5-7-10(9)17(12,14)15/h4-8H,3H2,1-2H3,(H2,12,14,15)/t8-/m1/s1. The van der Waals surface area contributed by atoms with E-state index in [-0.39, 0.29) is 11.5 Å². The quantitative estimate of drug-likeness (QED) is 0.815. The lowest BCUT2D eigenvalue weighted by molar-refractivity contribution is -0.144. The molecule has 1 aromatic rings. The SMILES string of the molecule is CCOC(=O)[C@H](C)c1ccccc1S(N)(=O)=O. The Hall–Kier alpha value is -1.40. The molecule has 0 saturated carbocycles. The second-order valence-electron chi connectivity index (χ2n) is 3.56. The molecule has 0 aliphatic heterocycles. The molecule has 5 nitrogen and oxygen atoms in total. The summed E-state index contributed by atoms with van der Waals surface area (Å²) in [6.45, 7) is 3.53. The monoisotopic (exact) mass is 257 g/mol. The second kappa shape index (κ2) is 5.29. The lowest BCUT2D eigenvalue weighted by Gasteiger charge is -2.13. The summed E-state index contributed by atoms with van der Waals surface area (Å²) in [6, 6.07) is 6.14. The molecule has 17 heavy (non-hydrogen) atoms. The largest absolute Gasteiger partial charge is 0.466 e. The number of primary sulfonamides is 1. The summed E-state index contributed by atoms with van der Waals surface area (Å²) in [4.78, 5) is 11.5. The number of benzene rings is 1. The zero-order valence-electron chi connectivity index (χ0n) is 9.71. The van der Waals surface area contributed by atoms with Gasteiger partial charge in [0, 0.05) is 0 Å². The summed E-state index contributed by atoms with van der Waals surface area (Å²) < 4.78 is 27.6. The number of carbonyl (C=O) groups excluding carboxylic acids is 1. The molecule has 1 aromatic carbocycles. The minimum Gasteiger partial charge on any atom is -0.466 e. The van der Waals surface area contributed by atoms with E-state index in [0.717, 1.165) is 0 Å². The van der Waals surface area contributed by atoms with Crippen molar-refractivity contribution >= 4 is 16.0 Å². The number of carbonyl (C=O) groups is 1. The van der Waals surface area contributed by atoms with E-state index in [2.05, 4.69) is 0 Å². The third-order valence-corrected chi connectivity index (χ3v) is 3.32. The number of sulfonamides is 1. The predicted molar refractivity (Wildman–Crippen MR) is 62.9 cm³/mol. The molecule has 1 atom stereocenters. The summed E-state index contributed by atoms with van der Waals surface area (Å²) >= 11 is 0. The van der Waals surface area contributed by atoms with Crippen molar-refractivity contribution in [2.24, 2.45) is 5.14 Å². The first kappa shape index (κ1) is 13.7. The number of hydrogen-bond acceptors (Lipinski definition) is 4. The smallest absolute Gasteiger partial charge is 0.313 e. The molecule has 0 saturated heterocycles. The molecule has 0 unspecified atom stereocenters. The molecule has 94 valence electrons. The van der Waals surface area contributed by atoms with Crippen molar-refractivity contribution in [3.8, 4) is 0 Å². The summed E-state index contributed by atoms with van der Waals surface area (Å²) in [5, 5.41) is 5.09. The van der Waals surface area contributed by atoms with Crippen LogP contribution in [0.15, 0.2) is 29.2 Å². The highest BCUT2D eigenvalue weighted by Crippen LogP contribution is 2.23. The summed E-state index contributed by atoms with van der Waals surface area (Å²) in [6.07, 6.45) is 0. The molecule has 2 N–H and O–H groups in total. The van der Waals surface area contributed by atoms with Gasteiger partial charge in [-0.05, 0) is 25.5 Å².